The fourth-order valence-corrected chi connectivity index (χ4v) is 0.637. The van der Waals surface area contributed by atoms with Crippen LogP contribution in [0.25, 0.3) is 0 Å². The van der Waals surface area contributed by atoms with Crippen molar-refractivity contribution in [2.75, 3.05) is 6.54 Å². The molecule has 3 heteroatoms. The molecule has 0 aliphatic rings. The molecule has 0 unspecified atom stereocenters. The summed E-state index contributed by atoms with van der Waals surface area (Å²) in [6.07, 6.45) is 5.63. The van der Waals surface area contributed by atoms with E-state index >= 15 is 0 Å². The lowest BCUT2D eigenvalue weighted by atomic mass is 10.2. The maximum atomic E-state index is 4.21. The molecule has 0 saturated carbocycles. The highest BCUT2D eigenvalue weighted by Gasteiger charge is 1.92. The summed E-state index contributed by atoms with van der Waals surface area (Å²) >= 11 is 0. The van der Waals surface area contributed by atoms with Crippen LogP contribution in [0.2, 0.25) is 0 Å². The molecule has 0 saturated heterocycles. The fourth-order valence-electron chi connectivity index (χ4n) is 0.637. The second-order valence-corrected chi connectivity index (χ2v) is 2.61. The third-order valence-electron chi connectivity index (χ3n) is 1.49. The molecule has 0 radical (unpaired) electrons. The lowest BCUT2D eigenvalue weighted by Gasteiger charge is -2.00. The number of hydrogen-bond donors (Lipinski definition) is 1. The Kier molecular flexibility index (Phi) is 7.05. The lowest BCUT2D eigenvalue weighted by Crippen LogP contribution is -2.15. The molecule has 14 heavy (non-hydrogen) atoms. The summed E-state index contributed by atoms with van der Waals surface area (Å²) in [6, 6.07) is 0. The Bertz CT molecular complexity index is 262. The average Bonchev–Trinajstić information content (AvgIpc) is 2.21. The first-order valence-electron chi connectivity index (χ1n) is 4.48. The standard InChI is InChI=1S/C11H17N3/c1-5-8-13-11(12-7-3)14-9-10(4)6-2/h5,7-8H,1,3-4,6,9H2,2H3,(H,12,14). The first kappa shape index (κ1) is 12.4. The van der Waals surface area contributed by atoms with Crippen LogP contribution in [0.15, 0.2) is 47.6 Å². The Balaban J connectivity index is 4.30. The van der Waals surface area contributed by atoms with E-state index in [0.717, 1.165) is 12.0 Å². The van der Waals surface area contributed by atoms with Crippen LogP contribution in [0, 0.1) is 0 Å². The average molecular weight is 191 g/mol. The number of guanidine groups is 1. The quantitative estimate of drug-likeness (QED) is 0.404. The van der Waals surface area contributed by atoms with E-state index in [2.05, 4.69) is 35.0 Å². The zero-order valence-electron chi connectivity index (χ0n) is 8.66. The summed E-state index contributed by atoms with van der Waals surface area (Å²) in [5.74, 6) is 0.523. The van der Waals surface area contributed by atoms with Gasteiger partial charge in [-0.3, -0.25) is 0 Å². The monoisotopic (exact) mass is 191 g/mol. The molecule has 76 valence electrons. The summed E-state index contributed by atoms with van der Waals surface area (Å²) in [4.78, 5) is 8.23. The molecule has 1 N–H and O–H groups in total. The molecule has 0 aromatic rings. The van der Waals surface area contributed by atoms with Gasteiger partial charge in [0.1, 0.15) is 0 Å². The van der Waals surface area contributed by atoms with Gasteiger partial charge in [0.05, 0.1) is 6.54 Å². The second-order valence-electron chi connectivity index (χ2n) is 2.61. The van der Waals surface area contributed by atoms with E-state index in [9.17, 15) is 0 Å². The van der Waals surface area contributed by atoms with Gasteiger partial charge in [-0.2, -0.15) is 0 Å². The molecule has 0 atom stereocenters. The largest absolute Gasteiger partial charge is 0.332 e. The summed E-state index contributed by atoms with van der Waals surface area (Å²) in [6.45, 7) is 13.6. The van der Waals surface area contributed by atoms with Crippen LogP contribution in [0.3, 0.4) is 0 Å². The molecule has 0 aliphatic carbocycles. The molecule has 0 fully saturated rings. The number of allylic oxidation sites excluding steroid dienone is 1. The van der Waals surface area contributed by atoms with Gasteiger partial charge in [-0.15, -0.1) is 0 Å². The van der Waals surface area contributed by atoms with E-state index in [1.54, 1.807) is 12.3 Å². The van der Waals surface area contributed by atoms with E-state index in [1.807, 2.05) is 6.92 Å². The third-order valence-corrected chi connectivity index (χ3v) is 1.49. The van der Waals surface area contributed by atoms with Crippen LogP contribution >= 0.6 is 0 Å². The van der Waals surface area contributed by atoms with Gasteiger partial charge in [0.25, 0.3) is 0 Å². The minimum Gasteiger partial charge on any atom is -0.332 e. The van der Waals surface area contributed by atoms with Gasteiger partial charge in [-0.1, -0.05) is 38.3 Å². The Morgan fingerprint density at radius 1 is 1.43 bits per heavy atom. The lowest BCUT2D eigenvalue weighted by molar-refractivity contribution is 1.00. The van der Waals surface area contributed by atoms with Crippen LogP contribution in [-0.4, -0.2) is 18.7 Å². The Morgan fingerprint density at radius 3 is 2.64 bits per heavy atom. The van der Waals surface area contributed by atoms with Gasteiger partial charge < -0.3 is 5.32 Å². The van der Waals surface area contributed by atoms with Crippen LogP contribution in [-0.2, 0) is 0 Å². The highest BCUT2D eigenvalue weighted by atomic mass is 15.1. The minimum absolute atomic E-state index is 0.523. The Labute approximate surface area is 85.7 Å². The molecule has 0 aromatic heterocycles. The molecule has 0 aliphatic heterocycles. The van der Waals surface area contributed by atoms with Crippen molar-refractivity contribution in [2.45, 2.75) is 13.3 Å². The minimum atomic E-state index is 0.523. The van der Waals surface area contributed by atoms with Crippen molar-refractivity contribution in [1.29, 1.82) is 0 Å². The first-order valence-corrected chi connectivity index (χ1v) is 4.48. The summed E-state index contributed by atoms with van der Waals surface area (Å²) in [5.41, 5.74) is 1.07. The second kappa shape index (κ2) is 7.98. The summed E-state index contributed by atoms with van der Waals surface area (Å²) in [7, 11) is 0. The smallest absolute Gasteiger partial charge is 0.222 e. The van der Waals surface area contributed by atoms with Gasteiger partial charge in [0.15, 0.2) is 0 Å². The van der Waals surface area contributed by atoms with Crippen LogP contribution in [0.1, 0.15) is 13.3 Å². The molecule has 0 amide bonds. The molecule has 0 heterocycles. The van der Waals surface area contributed by atoms with Gasteiger partial charge in [-0.25, -0.2) is 9.98 Å². The molecule has 0 spiro atoms. The molecule has 3 nitrogen and oxygen atoms in total. The Hall–Kier alpha value is -1.64. The van der Waals surface area contributed by atoms with Crippen molar-refractivity contribution in [3.63, 3.8) is 0 Å². The number of nitrogens with zero attached hydrogens (tertiary/aromatic N) is 2. The normalized spacial score (nSPS) is 11.4. The van der Waals surface area contributed by atoms with Crippen LogP contribution in [0.4, 0.5) is 0 Å². The van der Waals surface area contributed by atoms with E-state index < -0.39 is 0 Å². The van der Waals surface area contributed by atoms with Crippen molar-refractivity contribution in [1.82, 2.24) is 5.32 Å². The highest BCUT2D eigenvalue weighted by Crippen LogP contribution is 1.96. The molecule has 0 aromatic carbocycles. The maximum absolute atomic E-state index is 4.21. The topological polar surface area (TPSA) is 36.8 Å². The Morgan fingerprint density at radius 2 is 2.14 bits per heavy atom. The van der Waals surface area contributed by atoms with Gasteiger partial charge in [0.2, 0.25) is 5.96 Å². The van der Waals surface area contributed by atoms with Crippen molar-refractivity contribution in [3.05, 3.63) is 37.6 Å². The van der Waals surface area contributed by atoms with Crippen molar-refractivity contribution >= 4 is 12.2 Å². The van der Waals surface area contributed by atoms with Crippen LogP contribution in [0.5, 0.6) is 0 Å². The summed E-state index contributed by atoms with van der Waals surface area (Å²) in [5, 5.41) is 2.82. The van der Waals surface area contributed by atoms with Crippen molar-refractivity contribution in [2.24, 2.45) is 9.98 Å². The van der Waals surface area contributed by atoms with E-state index in [0.29, 0.717) is 12.5 Å². The van der Waals surface area contributed by atoms with Crippen molar-refractivity contribution in [3.8, 4) is 0 Å². The zero-order valence-corrected chi connectivity index (χ0v) is 8.66. The fraction of sp³-hybridized carbons (Fsp3) is 0.273. The number of nitrogens with one attached hydrogen (secondary N) is 1. The third kappa shape index (κ3) is 5.94. The highest BCUT2D eigenvalue weighted by molar-refractivity contribution is 5.91. The summed E-state index contributed by atoms with van der Waals surface area (Å²) < 4.78 is 0. The first-order chi connectivity index (χ1) is 6.74. The van der Waals surface area contributed by atoms with Gasteiger partial charge in [-0.05, 0) is 12.6 Å². The molecular weight excluding hydrogens is 174 g/mol. The van der Waals surface area contributed by atoms with Crippen LogP contribution < -0.4 is 5.32 Å². The van der Waals surface area contributed by atoms with Crippen molar-refractivity contribution < 1.29 is 0 Å². The number of aliphatic imine (C=N–C) groups is 2. The maximum Gasteiger partial charge on any atom is 0.222 e. The predicted molar refractivity (Wildman–Crippen MR) is 63.8 cm³/mol. The van der Waals surface area contributed by atoms with E-state index in [4.69, 9.17) is 0 Å². The van der Waals surface area contributed by atoms with E-state index in [1.165, 1.54) is 6.20 Å². The van der Waals surface area contributed by atoms with E-state index in [-0.39, 0.29) is 0 Å². The molecular formula is C11H17N3. The predicted octanol–water partition coefficient (Wildman–Crippen LogP) is 2.30. The van der Waals surface area contributed by atoms with Gasteiger partial charge >= 0.3 is 0 Å². The molecule has 0 rings (SSSR count). The molecule has 0 bridgehead atoms. The SMILES string of the molecule is C=CC=NC(=NCC(=C)CC)NC=C. The van der Waals surface area contributed by atoms with Gasteiger partial charge in [0, 0.05) is 6.21 Å². The zero-order chi connectivity index (χ0) is 10.8. The number of hydrogen-bond acceptors (Lipinski definition) is 1. The number of rotatable bonds is 5.